The number of aryl methyl sites for hydroxylation is 2. The molecule has 0 saturated carbocycles. The SMILES string of the molecule is Cc1noc([C@@H]2CCCCN2C(=O)c2ccoc2C)n1. The van der Waals surface area contributed by atoms with E-state index in [0.29, 0.717) is 29.6 Å². The predicted molar refractivity (Wildman–Crippen MR) is 70.1 cm³/mol. The number of carbonyl (C=O) groups is 1. The highest BCUT2D eigenvalue weighted by Crippen LogP contribution is 2.31. The maximum Gasteiger partial charge on any atom is 0.258 e. The highest BCUT2D eigenvalue weighted by atomic mass is 16.5. The van der Waals surface area contributed by atoms with Crippen molar-refractivity contribution in [3.63, 3.8) is 0 Å². The van der Waals surface area contributed by atoms with Gasteiger partial charge in [-0.3, -0.25) is 4.79 Å². The lowest BCUT2D eigenvalue weighted by Gasteiger charge is -2.33. The summed E-state index contributed by atoms with van der Waals surface area (Å²) in [4.78, 5) is 18.7. The lowest BCUT2D eigenvalue weighted by molar-refractivity contribution is 0.0559. The Hall–Kier alpha value is -2.11. The number of furan rings is 1. The second-order valence-corrected chi connectivity index (χ2v) is 5.08. The topological polar surface area (TPSA) is 72.4 Å². The minimum absolute atomic E-state index is 0.0307. The van der Waals surface area contributed by atoms with Crippen LogP contribution in [0.5, 0.6) is 0 Å². The van der Waals surface area contributed by atoms with Gasteiger partial charge >= 0.3 is 0 Å². The molecule has 0 bridgehead atoms. The molecule has 1 saturated heterocycles. The van der Waals surface area contributed by atoms with Crippen LogP contribution in [0.15, 0.2) is 21.3 Å². The van der Waals surface area contributed by atoms with Crippen LogP contribution in [0.25, 0.3) is 0 Å². The first-order valence-electron chi connectivity index (χ1n) is 6.82. The van der Waals surface area contributed by atoms with Gasteiger partial charge in [-0.15, -0.1) is 0 Å². The van der Waals surface area contributed by atoms with E-state index in [1.165, 1.54) is 0 Å². The molecule has 0 aliphatic carbocycles. The number of likely N-dealkylation sites (tertiary alicyclic amines) is 1. The van der Waals surface area contributed by atoms with E-state index in [4.69, 9.17) is 8.94 Å². The molecular formula is C14H17N3O3. The molecule has 2 aromatic rings. The van der Waals surface area contributed by atoms with Gasteiger partial charge in [0, 0.05) is 6.54 Å². The number of rotatable bonds is 2. The average Bonchev–Trinajstić information content (AvgIpc) is 3.07. The molecule has 0 spiro atoms. The zero-order chi connectivity index (χ0) is 14.1. The van der Waals surface area contributed by atoms with E-state index in [-0.39, 0.29) is 11.9 Å². The van der Waals surface area contributed by atoms with Gasteiger partial charge in [0.1, 0.15) is 11.8 Å². The van der Waals surface area contributed by atoms with E-state index in [0.717, 1.165) is 19.3 Å². The van der Waals surface area contributed by atoms with Crippen molar-refractivity contribution in [2.24, 2.45) is 0 Å². The Morgan fingerprint density at radius 1 is 1.40 bits per heavy atom. The highest BCUT2D eigenvalue weighted by molar-refractivity contribution is 5.95. The summed E-state index contributed by atoms with van der Waals surface area (Å²) in [5.41, 5.74) is 0.605. The maximum absolute atomic E-state index is 12.6. The molecule has 6 heteroatoms. The van der Waals surface area contributed by atoms with Crippen LogP contribution in [-0.4, -0.2) is 27.5 Å². The van der Waals surface area contributed by atoms with Crippen LogP contribution in [0.4, 0.5) is 0 Å². The average molecular weight is 275 g/mol. The first-order valence-corrected chi connectivity index (χ1v) is 6.82. The van der Waals surface area contributed by atoms with Crippen LogP contribution in [-0.2, 0) is 0 Å². The van der Waals surface area contributed by atoms with Gasteiger partial charge in [0.05, 0.1) is 11.8 Å². The van der Waals surface area contributed by atoms with Crippen molar-refractivity contribution in [3.05, 3.63) is 35.4 Å². The fourth-order valence-electron chi connectivity index (χ4n) is 2.64. The predicted octanol–water partition coefficient (Wildman–Crippen LogP) is 2.65. The van der Waals surface area contributed by atoms with E-state index in [1.54, 1.807) is 26.2 Å². The van der Waals surface area contributed by atoms with Gasteiger partial charge < -0.3 is 13.8 Å². The molecular weight excluding hydrogens is 258 g/mol. The number of aromatic nitrogens is 2. The molecule has 106 valence electrons. The summed E-state index contributed by atoms with van der Waals surface area (Å²) < 4.78 is 10.5. The first kappa shape index (κ1) is 12.9. The Bertz CT molecular complexity index is 617. The van der Waals surface area contributed by atoms with Crippen molar-refractivity contribution in [1.82, 2.24) is 15.0 Å². The fourth-order valence-corrected chi connectivity index (χ4v) is 2.64. The van der Waals surface area contributed by atoms with E-state index in [1.807, 2.05) is 4.90 Å². The largest absolute Gasteiger partial charge is 0.469 e. The fraction of sp³-hybridized carbons (Fsp3) is 0.500. The van der Waals surface area contributed by atoms with Crippen molar-refractivity contribution in [2.45, 2.75) is 39.2 Å². The molecule has 0 aromatic carbocycles. The third-order valence-corrected chi connectivity index (χ3v) is 3.68. The second-order valence-electron chi connectivity index (χ2n) is 5.08. The molecule has 0 N–H and O–H groups in total. The Morgan fingerprint density at radius 2 is 2.25 bits per heavy atom. The Kier molecular flexibility index (Phi) is 3.30. The molecule has 1 aliphatic heterocycles. The summed E-state index contributed by atoms with van der Waals surface area (Å²) in [6.07, 6.45) is 4.44. The van der Waals surface area contributed by atoms with E-state index in [2.05, 4.69) is 10.1 Å². The third-order valence-electron chi connectivity index (χ3n) is 3.68. The molecule has 2 aromatic heterocycles. The van der Waals surface area contributed by atoms with Crippen molar-refractivity contribution < 1.29 is 13.7 Å². The van der Waals surface area contributed by atoms with Crippen molar-refractivity contribution in [3.8, 4) is 0 Å². The minimum Gasteiger partial charge on any atom is -0.469 e. The van der Waals surface area contributed by atoms with Crippen LogP contribution >= 0.6 is 0 Å². The zero-order valence-electron chi connectivity index (χ0n) is 11.6. The van der Waals surface area contributed by atoms with Gasteiger partial charge in [-0.2, -0.15) is 4.98 Å². The summed E-state index contributed by atoms with van der Waals surface area (Å²) in [6, 6.07) is 1.58. The number of piperidine rings is 1. The Morgan fingerprint density at radius 3 is 2.90 bits per heavy atom. The van der Waals surface area contributed by atoms with Crippen LogP contribution in [0.3, 0.4) is 0 Å². The molecule has 3 rings (SSSR count). The minimum atomic E-state index is -0.133. The summed E-state index contributed by atoms with van der Waals surface area (Å²) in [6.45, 7) is 4.28. The normalized spacial score (nSPS) is 19.3. The number of nitrogens with zero attached hydrogens (tertiary/aromatic N) is 3. The molecule has 0 unspecified atom stereocenters. The van der Waals surface area contributed by atoms with E-state index >= 15 is 0 Å². The molecule has 20 heavy (non-hydrogen) atoms. The first-order chi connectivity index (χ1) is 9.66. The summed E-state index contributed by atoms with van der Waals surface area (Å²) in [5.74, 6) is 1.73. The monoisotopic (exact) mass is 275 g/mol. The quantitative estimate of drug-likeness (QED) is 0.842. The molecule has 1 amide bonds. The lowest BCUT2D eigenvalue weighted by atomic mass is 10.0. The zero-order valence-corrected chi connectivity index (χ0v) is 11.6. The summed E-state index contributed by atoms with van der Waals surface area (Å²) in [5, 5.41) is 3.82. The van der Waals surface area contributed by atoms with Crippen molar-refractivity contribution in [2.75, 3.05) is 6.54 Å². The van der Waals surface area contributed by atoms with Gasteiger partial charge in [0.25, 0.3) is 5.91 Å². The standard InChI is InChI=1S/C14H17N3O3/c1-9-11(6-8-19-9)14(18)17-7-4-3-5-12(17)13-15-10(2)16-20-13/h6,8,12H,3-5,7H2,1-2H3/t12-/m0/s1. The lowest BCUT2D eigenvalue weighted by Crippen LogP contribution is -2.38. The van der Waals surface area contributed by atoms with Gasteiger partial charge in [-0.25, -0.2) is 0 Å². The van der Waals surface area contributed by atoms with Crippen LogP contribution < -0.4 is 0 Å². The number of carbonyl (C=O) groups excluding carboxylic acids is 1. The summed E-state index contributed by atoms with van der Waals surface area (Å²) in [7, 11) is 0. The van der Waals surface area contributed by atoms with Crippen LogP contribution in [0.2, 0.25) is 0 Å². The number of amides is 1. The molecule has 1 fully saturated rings. The maximum atomic E-state index is 12.6. The molecule has 6 nitrogen and oxygen atoms in total. The van der Waals surface area contributed by atoms with Crippen LogP contribution in [0.1, 0.15) is 53.1 Å². The van der Waals surface area contributed by atoms with Gasteiger partial charge in [-0.05, 0) is 39.2 Å². The van der Waals surface area contributed by atoms with Gasteiger partial charge in [-0.1, -0.05) is 5.16 Å². The Balaban J connectivity index is 1.89. The van der Waals surface area contributed by atoms with Gasteiger partial charge in [0.15, 0.2) is 5.82 Å². The molecule has 1 aliphatic rings. The van der Waals surface area contributed by atoms with E-state index in [9.17, 15) is 4.79 Å². The smallest absolute Gasteiger partial charge is 0.258 e. The highest BCUT2D eigenvalue weighted by Gasteiger charge is 2.33. The summed E-state index contributed by atoms with van der Waals surface area (Å²) >= 11 is 0. The van der Waals surface area contributed by atoms with Crippen LogP contribution in [0, 0.1) is 13.8 Å². The Labute approximate surface area is 116 Å². The van der Waals surface area contributed by atoms with Gasteiger partial charge in [0.2, 0.25) is 5.89 Å². The molecule has 3 heterocycles. The third kappa shape index (κ3) is 2.21. The molecule has 0 radical (unpaired) electrons. The van der Waals surface area contributed by atoms with Crippen molar-refractivity contribution in [1.29, 1.82) is 0 Å². The number of hydrogen-bond donors (Lipinski definition) is 0. The number of hydrogen-bond acceptors (Lipinski definition) is 5. The molecule has 1 atom stereocenters. The second kappa shape index (κ2) is 5.11. The van der Waals surface area contributed by atoms with Crippen molar-refractivity contribution >= 4 is 5.91 Å². The van der Waals surface area contributed by atoms with E-state index < -0.39 is 0 Å².